The molecule has 70 valence electrons. The lowest BCUT2D eigenvalue weighted by Crippen LogP contribution is -1.69. The van der Waals surface area contributed by atoms with Crippen molar-refractivity contribution in [2.45, 2.75) is 0 Å². The number of hydrogen-bond acceptors (Lipinski definition) is 2. The van der Waals surface area contributed by atoms with Crippen molar-refractivity contribution in [3.05, 3.63) is 28.4 Å². The Hall–Kier alpha value is -1.19. The van der Waals surface area contributed by atoms with Gasteiger partial charge < -0.3 is 4.42 Å². The van der Waals surface area contributed by atoms with Crippen molar-refractivity contribution in [2.75, 3.05) is 0 Å². The van der Waals surface area contributed by atoms with Gasteiger partial charge in [0.05, 0.1) is 5.39 Å². The topological polar surface area (TPSA) is 41.8 Å². The Morgan fingerprint density at radius 1 is 1.29 bits per heavy atom. The minimum atomic E-state index is 0.410. The standard InChI is InChI=1S/C9H4Cl2N2O/c10-4-1-2-6-5(3-4)7-8(14-6)9(11)13-12-7/h1-3H,(H,12,13). The molecule has 5 heteroatoms. The number of aromatic amines is 1. The van der Waals surface area contributed by atoms with Crippen LogP contribution >= 0.6 is 23.2 Å². The smallest absolute Gasteiger partial charge is 0.192 e. The second-order valence-corrected chi connectivity index (χ2v) is 3.77. The number of furan rings is 1. The van der Waals surface area contributed by atoms with E-state index in [1.54, 1.807) is 18.2 Å². The van der Waals surface area contributed by atoms with Crippen LogP contribution in [0.15, 0.2) is 22.6 Å². The summed E-state index contributed by atoms with van der Waals surface area (Å²) in [6.45, 7) is 0. The van der Waals surface area contributed by atoms with Crippen LogP contribution in [0, 0.1) is 0 Å². The number of aromatic nitrogens is 2. The number of H-pyrrole nitrogens is 1. The predicted molar refractivity (Wildman–Crippen MR) is 55.9 cm³/mol. The SMILES string of the molecule is Clc1ccc2oc3c(Cl)[nH]nc3c2c1. The van der Waals surface area contributed by atoms with E-state index in [9.17, 15) is 0 Å². The van der Waals surface area contributed by atoms with Crippen molar-refractivity contribution in [3.63, 3.8) is 0 Å². The summed E-state index contributed by atoms with van der Waals surface area (Å²) in [7, 11) is 0. The molecule has 0 amide bonds. The quantitative estimate of drug-likeness (QED) is 0.637. The zero-order chi connectivity index (χ0) is 9.71. The average Bonchev–Trinajstić information content (AvgIpc) is 2.67. The third-order valence-corrected chi connectivity index (χ3v) is 2.58. The van der Waals surface area contributed by atoms with Crippen molar-refractivity contribution in [1.82, 2.24) is 10.2 Å². The van der Waals surface area contributed by atoms with Crippen LogP contribution in [-0.2, 0) is 0 Å². The summed E-state index contributed by atoms with van der Waals surface area (Å²) in [5.74, 6) is 0. The summed E-state index contributed by atoms with van der Waals surface area (Å²) in [6, 6.07) is 5.37. The Balaban J connectivity index is 2.58. The van der Waals surface area contributed by atoms with Crippen LogP contribution in [0.5, 0.6) is 0 Å². The Morgan fingerprint density at radius 2 is 2.14 bits per heavy atom. The highest BCUT2D eigenvalue weighted by atomic mass is 35.5. The molecule has 1 N–H and O–H groups in total. The molecule has 3 aromatic rings. The lowest BCUT2D eigenvalue weighted by molar-refractivity contribution is 0.669. The molecule has 0 radical (unpaired) electrons. The maximum absolute atomic E-state index is 5.87. The summed E-state index contributed by atoms with van der Waals surface area (Å²) < 4.78 is 5.49. The van der Waals surface area contributed by atoms with Gasteiger partial charge in [-0.3, -0.25) is 5.10 Å². The molecule has 0 saturated heterocycles. The minimum absolute atomic E-state index is 0.410. The first kappa shape index (κ1) is 8.15. The van der Waals surface area contributed by atoms with Crippen molar-refractivity contribution in [2.24, 2.45) is 0 Å². The number of benzene rings is 1. The van der Waals surface area contributed by atoms with Crippen molar-refractivity contribution in [3.8, 4) is 0 Å². The highest BCUT2D eigenvalue weighted by Crippen LogP contribution is 2.32. The molecule has 0 saturated carbocycles. The van der Waals surface area contributed by atoms with Gasteiger partial charge in [-0.15, -0.1) is 0 Å². The van der Waals surface area contributed by atoms with Gasteiger partial charge in [-0.25, -0.2) is 0 Å². The molecule has 0 bridgehead atoms. The first-order chi connectivity index (χ1) is 6.75. The van der Waals surface area contributed by atoms with E-state index in [4.69, 9.17) is 27.6 Å². The van der Waals surface area contributed by atoms with E-state index in [-0.39, 0.29) is 0 Å². The number of halogens is 2. The molecule has 3 nitrogen and oxygen atoms in total. The number of hydrogen-bond donors (Lipinski definition) is 1. The van der Waals surface area contributed by atoms with Crippen LogP contribution in [0.3, 0.4) is 0 Å². The minimum Gasteiger partial charge on any atom is -0.451 e. The van der Waals surface area contributed by atoms with Gasteiger partial charge >= 0.3 is 0 Å². The highest BCUT2D eigenvalue weighted by molar-refractivity contribution is 6.35. The molecule has 0 spiro atoms. The summed E-state index contributed by atoms with van der Waals surface area (Å²) >= 11 is 11.7. The van der Waals surface area contributed by atoms with Crippen LogP contribution in [0.25, 0.3) is 22.1 Å². The number of rotatable bonds is 0. The fraction of sp³-hybridized carbons (Fsp3) is 0. The van der Waals surface area contributed by atoms with Crippen molar-refractivity contribution < 1.29 is 4.42 Å². The summed E-state index contributed by atoms with van der Waals surface area (Å²) in [6.07, 6.45) is 0. The molecular formula is C9H4Cl2N2O. The molecule has 3 rings (SSSR count). The third kappa shape index (κ3) is 0.966. The first-order valence-corrected chi connectivity index (χ1v) is 4.73. The fourth-order valence-electron chi connectivity index (χ4n) is 1.47. The molecule has 2 heterocycles. The van der Waals surface area contributed by atoms with Gasteiger partial charge in [0.25, 0.3) is 0 Å². The molecular weight excluding hydrogens is 223 g/mol. The van der Waals surface area contributed by atoms with Gasteiger partial charge in [-0.05, 0) is 18.2 Å². The number of nitrogens with one attached hydrogen (secondary N) is 1. The van der Waals surface area contributed by atoms with Crippen molar-refractivity contribution in [1.29, 1.82) is 0 Å². The molecule has 0 fully saturated rings. The lowest BCUT2D eigenvalue weighted by atomic mass is 10.2. The van der Waals surface area contributed by atoms with Crippen LogP contribution < -0.4 is 0 Å². The van der Waals surface area contributed by atoms with Gasteiger partial charge in [-0.1, -0.05) is 23.2 Å². The largest absolute Gasteiger partial charge is 0.451 e. The molecule has 0 unspecified atom stereocenters. The zero-order valence-corrected chi connectivity index (χ0v) is 8.36. The molecule has 0 aliphatic heterocycles. The second kappa shape index (κ2) is 2.65. The van der Waals surface area contributed by atoms with Gasteiger partial charge in [0.1, 0.15) is 11.1 Å². The lowest BCUT2D eigenvalue weighted by Gasteiger charge is -1.88. The van der Waals surface area contributed by atoms with E-state index < -0.39 is 0 Å². The first-order valence-electron chi connectivity index (χ1n) is 3.97. The fourth-order valence-corrected chi connectivity index (χ4v) is 1.81. The Morgan fingerprint density at radius 3 is 3.00 bits per heavy atom. The van der Waals surface area contributed by atoms with Gasteiger partial charge in [0, 0.05) is 5.02 Å². The Labute approximate surface area is 88.6 Å². The summed E-state index contributed by atoms with van der Waals surface area (Å²) in [5, 5.41) is 8.62. The van der Waals surface area contributed by atoms with Crippen LogP contribution in [-0.4, -0.2) is 10.2 Å². The van der Waals surface area contributed by atoms with Crippen LogP contribution in [0.2, 0.25) is 10.2 Å². The molecule has 1 aromatic carbocycles. The van der Waals surface area contributed by atoms with Gasteiger partial charge in [0.2, 0.25) is 0 Å². The van der Waals surface area contributed by atoms with E-state index in [0.29, 0.717) is 21.3 Å². The maximum atomic E-state index is 5.87. The molecule has 0 aliphatic rings. The van der Waals surface area contributed by atoms with E-state index >= 15 is 0 Å². The average molecular weight is 227 g/mol. The van der Waals surface area contributed by atoms with Gasteiger partial charge in [0.15, 0.2) is 10.7 Å². The second-order valence-electron chi connectivity index (χ2n) is 2.96. The third-order valence-electron chi connectivity index (χ3n) is 2.09. The number of nitrogens with zero attached hydrogens (tertiary/aromatic N) is 1. The summed E-state index contributed by atoms with van der Waals surface area (Å²) in [5.41, 5.74) is 2.03. The van der Waals surface area contributed by atoms with E-state index in [2.05, 4.69) is 10.2 Å². The maximum Gasteiger partial charge on any atom is 0.192 e. The molecule has 14 heavy (non-hydrogen) atoms. The normalized spacial score (nSPS) is 11.6. The van der Waals surface area contributed by atoms with E-state index in [1.165, 1.54) is 0 Å². The van der Waals surface area contributed by atoms with Crippen LogP contribution in [0.4, 0.5) is 0 Å². The monoisotopic (exact) mass is 226 g/mol. The predicted octanol–water partition coefficient (Wildman–Crippen LogP) is 3.62. The Bertz CT molecular complexity index is 625. The summed E-state index contributed by atoms with van der Waals surface area (Å²) in [4.78, 5) is 0. The van der Waals surface area contributed by atoms with Crippen LogP contribution in [0.1, 0.15) is 0 Å². The van der Waals surface area contributed by atoms with Crippen molar-refractivity contribution >= 4 is 45.3 Å². The van der Waals surface area contributed by atoms with E-state index in [1.807, 2.05) is 0 Å². The molecule has 0 aliphatic carbocycles. The highest BCUT2D eigenvalue weighted by Gasteiger charge is 2.12. The molecule has 0 atom stereocenters. The van der Waals surface area contributed by atoms with E-state index in [0.717, 1.165) is 11.0 Å². The zero-order valence-electron chi connectivity index (χ0n) is 6.84. The number of fused-ring (bicyclic) bond motifs is 3. The van der Waals surface area contributed by atoms with Gasteiger partial charge in [-0.2, -0.15) is 5.10 Å². The Kier molecular flexibility index (Phi) is 1.54. The molecule has 2 aromatic heterocycles.